The number of hydrogen-bond acceptors (Lipinski definition) is 8. The Morgan fingerprint density at radius 1 is 1.19 bits per heavy atom. The third kappa shape index (κ3) is 4.60. The largest absolute Gasteiger partial charge is 0.496 e. The van der Waals surface area contributed by atoms with Gasteiger partial charge in [-0.1, -0.05) is 24.6 Å². The second kappa shape index (κ2) is 10.1. The number of allylic oxidation sites excluding steroid dienone is 1. The summed E-state index contributed by atoms with van der Waals surface area (Å²) >= 11 is 6.41. The molecule has 1 amide bonds. The number of carbonyl (C=O) groups is 4. The molecule has 2 aromatic carbocycles. The molecule has 2 aromatic rings. The minimum Gasteiger partial charge on any atom is -0.496 e. The van der Waals surface area contributed by atoms with Gasteiger partial charge in [-0.2, -0.15) is 0 Å². The number of benzene rings is 2. The molecule has 37 heavy (non-hydrogen) atoms. The number of hydrogen-bond donors (Lipinski definition) is 3. The molecule has 0 bridgehead atoms. The van der Waals surface area contributed by atoms with Gasteiger partial charge in [-0.15, -0.1) is 0 Å². The van der Waals surface area contributed by atoms with Crippen molar-refractivity contribution in [1.29, 1.82) is 0 Å². The lowest BCUT2D eigenvalue weighted by molar-refractivity contribution is -0.136. The molecule has 0 saturated heterocycles. The van der Waals surface area contributed by atoms with E-state index in [0.29, 0.717) is 16.9 Å². The maximum Gasteiger partial charge on any atom is 0.305 e. The minimum atomic E-state index is -1.79. The molecule has 194 valence electrons. The molecule has 0 radical (unpaired) electrons. The van der Waals surface area contributed by atoms with Crippen molar-refractivity contribution in [3.8, 4) is 17.2 Å². The SMILES string of the molecule is COc1cc(OC)c2c(c1Cl)O[C@@]1(C(=O)C=C(Nc3cccc(C(=O)NCCC(=O)O)c3)C[C@H]1C)C2=O. The van der Waals surface area contributed by atoms with Crippen LogP contribution < -0.4 is 24.8 Å². The number of methoxy groups -OCH3 is 2. The second-order valence-electron chi connectivity index (χ2n) is 8.71. The van der Waals surface area contributed by atoms with Crippen LogP contribution in [0.15, 0.2) is 42.1 Å². The van der Waals surface area contributed by atoms with E-state index in [9.17, 15) is 19.2 Å². The molecular formula is C26H25ClN2O8. The van der Waals surface area contributed by atoms with Crippen molar-refractivity contribution in [2.24, 2.45) is 5.92 Å². The number of halogens is 1. The average molecular weight is 529 g/mol. The number of carboxylic acid groups (broad SMARTS) is 1. The first kappa shape index (κ1) is 26.0. The highest BCUT2D eigenvalue weighted by Crippen LogP contribution is 2.53. The van der Waals surface area contributed by atoms with Crippen molar-refractivity contribution in [3.05, 3.63) is 58.3 Å². The number of ether oxygens (including phenoxy) is 3. The van der Waals surface area contributed by atoms with Crippen LogP contribution in [0.1, 0.15) is 40.5 Å². The third-order valence-corrected chi connectivity index (χ3v) is 6.72. The molecule has 0 unspecified atom stereocenters. The summed E-state index contributed by atoms with van der Waals surface area (Å²) in [5, 5.41) is 14.5. The Hall–Kier alpha value is -4.05. The first-order valence-electron chi connectivity index (χ1n) is 11.4. The Balaban J connectivity index is 1.57. The summed E-state index contributed by atoms with van der Waals surface area (Å²) in [6.07, 6.45) is 1.42. The van der Waals surface area contributed by atoms with E-state index in [1.165, 1.54) is 26.4 Å². The maximum absolute atomic E-state index is 13.6. The van der Waals surface area contributed by atoms with Crippen molar-refractivity contribution in [1.82, 2.24) is 5.32 Å². The van der Waals surface area contributed by atoms with Gasteiger partial charge in [0.25, 0.3) is 5.91 Å². The molecule has 1 aliphatic carbocycles. The number of carbonyl (C=O) groups excluding carboxylic acids is 3. The van der Waals surface area contributed by atoms with Gasteiger partial charge in [-0.05, 0) is 24.6 Å². The molecule has 2 atom stereocenters. The number of rotatable bonds is 8. The number of fused-ring (bicyclic) bond motifs is 1. The number of nitrogens with one attached hydrogen (secondary N) is 2. The number of carboxylic acids is 1. The fourth-order valence-electron chi connectivity index (χ4n) is 4.52. The second-order valence-corrected chi connectivity index (χ2v) is 9.09. The van der Waals surface area contributed by atoms with E-state index in [-0.39, 0.29) is 47.2 Å². The Morgan fingerprint density at radius 3 is 2.57 bits per heavy atom. The van der Waals surface area contributed by atoms with E-state index in [2.05, 4.69) is 10.6 Å². The van der Waals surface area contributed by atoms with Crippen LogP contribution in [-0.4, -0.2) is 54.9 Å². The molecule has 0 fully saturated rings. The topological polar surface area (TPSA) is 140 Å². The van der Waals surface area contributed by atoms with Crippen LogP contribution in [0, 0.1) is 5.92 Å². The first-order chi connectivity index (χ1) is 17.6. The van der Waals surface area contributed by atoms with E-state index >= 15 is 0 Å². The zero-order valence-corrected chi connectivity index (χ0v) is 21.1. The summed E-state index contributed by atoms with van der Waals surface area (Å²) in [6.45, 7) is 1.74. The number of anilines is 1. The van der Waals surface area contributed by atoms with Crippen LogP contribution in [-0.2, 0) is 9.59 Å². The normalized spacial score (nSPS) is 20.1. The highest BCUT2D eigenvalue weighted by Gasteiger charge is 2.60. The van der Waals surface area contributed by atoms with Gasteiger partial charge in [0.1, 0.15) is 22.1 Å². The maximum atomic E-state index is 13.6. The molecule has 3 N–H and O–H groups in total. The summed E-state index contributed by atoms with van der Waals surface area (Å²) in [7, 11) is 2.82. The Bertz CT molecular complexity index is 1340. The van der Waals surface area contributed by atoms with Gasteiger partial charge in [0.2, 0.25) is 17.2 Å². The van der Waals surface area contributed by atoms with Crippen molar-refractivity contribution in [2.75, 3.05) is 26.1 Å². The summed E-state index contributed by atoms with van der Waals surface area (Å²) in [5.41, 5.74) is -0.287. The predicted octanol–water partition coefficient (Wildman–Crippen LogP) is 3.48. The van der Waals surface area contributed by atoms with E-state index in [0.717, 1.165) is 0 Å². The monoisotopic (exact) mass is 528 g/mol. The van der Waals surface area contributed by atoms with Crippen LogP contribution in [0.3, 0.4) is 0 Å². The van der Waals surface area contributed by atoms with Crippen molar-refractivity contribution < 1.29 is 38.5 Å². The summed E-state index contributed by atoms with van der Waals surface area (Å²) < 4.78 is 16.6. The van der Waals surface area contributed by atoms with Crippen LogP contribution >= 0.6 is 11.6 Å². The lowest BCUT2D eigenvalue weighted by atomic mass is 9.74. The molecule has 10 nitrogen and oxygen atoms in total. The highest BCUT2D eigenvalue weighted by atomic mass is 35.5. The van der Waals surface area contributed by atoms with Crippen molar-refractivity contribution in [3.63, 3.8) is 0 Å². The van der Waals surface area contributed by atoms with Gasteiger partial charge in [0.05, 0.1) is 20.6 Å². The number of ketones is 2. The zero-order valence-electron chi connectivity index (χ0n) is 20.3. The summed E-state index contributed by atoms with van der Waals surface area (Å²) in [5.74, 6) is -2.58. The molecule has 11 heteroatoms. The van der Waals surface area contributed by atoms with Crippen LogP contribution in [0.5, 0.6) is 17.2 Å². The molecule has 1 heterocycles. The Labute approximate surface area is 217 Å². The molecule has 0 aromatic heterocycles. The first-order valence-corrected chi connectivity index (χ1v) is 11.8. The van der Waals surface area contributed by atoms with Crippen LogP contribution in [0.25, 0.3) is 0 Å². The van der Waals surface area contributed by atoms with Gasteiger partial charge >= 0.3 is 5.97 Å². The fraction of sp³-hybridized carbons (Fsp3) is 0.308. The molecule has 2 aliphatic rings. The van der Waals surface area contributed by atoms with Gasteiger partial charge < -0.3 is 30.0 Å². The quantitative estimate of drug-likeness (QED) is 0.439. The lowest BCUT2D eigenvalue weighted by Crippen LogP contribution is -2.55. The number of amides is 1. The number of Topliss-reactive ketones (excluding diaryl/α,β-unsaturated/α-hetero) is 1. The highest BCUT2D eigenvalue weighted by molar-refractivity contribution is 6.36. The molecule has 1 spiro atoms. The number of aliphatic carboxylic acids is 1. The Kier molecular flexibility index (Phi) is 7.13. The lowest BCUT2D eigenvalue weighted by Gasteiger charge is -2.35. The predicted molar refractivity (Wildman–Crippen MR) is 134 cm³/mol. The van der Waals surface area contributed by atoms with Gasteiger partial charge in [-0.25, -0.2) is 0 Å². The molecule has 1 aliphatic heterocycles. The Morgan fingerprint density at radius 2 is 1.92 bits per heavy atom. The standard InChI is InChI=1S/C26H25ClN2O8/c1-13-9-16(29-15-6-4-5-14(10-15)25(34)28-8-7-20(31)32)11-19(30)26(13)24(33)21-17(35-2)12-18(36-3)22(27)23(21)37-26/h4-6,10-13,29H,7-9H2,1-3H3,(H,28,34)(H,31,32)/t13-,26+/m1/s1. The van der Waals surface area contributed by atoms with Crippen molar-refractivity contribution >= 4 is 40.7 Å². The molecule has 0 saturated carbocycles. The molecule has 4 rings (SSSR count). The van der Waals surface area contributed by atoms with E-state index in [1.54, 1.807) is 31.2 Å². The van der Waals surface area contributed by atoms with Crippen LogP contribution in [0.2, 0.25) is 5.02 Å². The van der Waals surface area contributed by atoms with Crippen molar-refractivity contribution in [2.45, 2.75) is 25.4 Å². The van der Waals surface area contributed by atoms with E-state index in [1.807, 2.05) is 0 Å². The summed E-state index contributed by atoms with van der Waals surface area (Å²) in [4.78, 5) is 50.0. The third-order valence-electron chi connectivity index (χ3n) is 6.36. The zero-order chi connectivity index (χ0) is 26.9. The van der Waals surface area contributed by atoms with E-state index < -0.39 is 35.0 Å². The van der Waals surface area contributed by atoms with Gasteiger partial charge in [0.15, 0.2) is 5.75 Å². The van der Waals surface area contributed by atoms with Gasteiger partial charge in [-0.3, -0.25) is 19.2 Å². The van der Waals surface area contributed by atoms with Gasteiger partial charge in [0, 0.05) is 41.6 Å². The van der Waals surface area contributed by atoms with Crippen LogP contribution in [0.4, 0.5) is 5.69 Å². The summed E-state index contributed by atoms with van der Waals surface area (Å²) in [6, 6.07) is 8.03. The van der Waals surface area contributed by atoms with E-state index in [4.69, 9.17) is 30.9 Å². The average Bonchev–Trinajstić information content (AvgIpc) is 3.18. The minimum absolute atomic E-state index is 0.00215. The smallest absolute Gasteiger partial charge is 0.305 e. The fourth-order valence-corrected chi connectivity index (χ4v) is 4.79. The molecular weight excluding hydrogens is 504 g/mol.